The Morgan fingerprint density at radius 3 is 2.43 bits per heavy atom. The topological polar surface area (TPSA) is 194 Å². The minimum atomic E-state index is -4.25. The molecule has 17 heteroatoms. The van der Waals surface area contributed by atoms with E-state index in [2.05, 4.69) is 25.1 Å². The number of carbonyl (C=O) groups is 1. The molecule has 5 N–H and O–H groups in total. The van der Waals surface area contributed by atoms with Crippen LogP contribution in [0, 0.1) is 17.8 Å². The lowest BCUT2D eigenvalue weighted by atomic mass is 10.00. The minimum Gasteiger partial charge on any atom is -0.476 e. The number of imidazole rings is 1. The van der Waals surface area contributed by atoms with Crippen molar-refractivity contribution in [2.75, 3.05) is 45.4 Å². The number of rotatable bonds is 20. The average Bonchev–Trinajstić information content (AvgIpc) is 3.55. The standard InChI is InChI=1S/C29H51FN7O8P/c1-8-41-15-19(11-17(4)5)35-46(40,36-21(12-18(6)7)28(39)43-10-3)45-24-20(13-30)22(14-38)44-27(24)37-16-32-23-25(37)33-29(31)34-26(23)42-9-2/h16-22,24,27,38H,8-15H2,1-7H3,(H2,31,33,34)(H2,35,36,40)/t19-,20+,21-,22+,24?,27+,46?/m0/s1. The van der Waals surface area contributed by atoms with Crippen molar-refractivity contribution in [1.82, 2.24) is 29.7 Å². The van der Waals surface area contributed by atoms with E-state index in [9.17, 15) is 14.3 Å². The Morgan fingerprint density at radius 2 is 1.85 bits per heavy atom. The van der Waals surface area contributed by atoms with Gasteiger partial charge in [0.25, 0.3) is 0 Å². The number of nitrogens with two attached hydrogens (primary N) is 1. The van der Waals surface area contributed by atoms with E-state index in [-0.39, 0.29) is 54.5 Å². The SMILES string of the molecule is CCOC[C@H](CC(C)C)NP(=O)(N[C@@H](CC(C)C)C(=O)OCC)OC1[C@H](n2cnc3c(OCC)nc(N)nc32)O[C@H](CO)[C@H]1CF. The highest BCUT2D eigenvalue weighted by molar-refractivity contribution is 7.54. The molecule has 0 amide bonds. The van der Waals surface area contributed by atoms with Gasteiger partial charge in [-0.15, -0.1) is 0 Å². The molecule has 1 aliphatic heterocycles. The van der Waals surface area contributed by atoms with Gasteiger partial charge < -0.3 is 29.8 Å². The number of esters is 1. The van der Waals surface area contributed by atoms with Crippen molar-refractivity contribution in [2.24, 2.45) is 17.8 Å². The lowest BCUT2D eigenvalue weighted by Crippen LogP contribution is -2.46. The predicted octanol–water partition coefficient (Wildman–Crippen LogP) is 3.38. The van der Waals surface area contributed by atoms with Gasteiger partial charge in [0.05, 0.1) is 45.5 Å². The second-order valence-corrected chi connectivity index (χ2v) is 13.8. The van der Waals surface area contributed by atoms with Gasteiger partial charge in [-0.3, -0.25) is 22.8 Å². The number of aromatic nitrogens is 4. The summed E-state index contributed by atoms with van der Waals surface area (Å²) in [6, 6.07) is -1.48. The molecule has 3 rings (SSSR count). The molecule has 2 aromatic heterocycles. The smallest absolute Gasteiger partial charge is 0.342 e. The molecular formula is C29H51FN7O8P. The Balaban J connectivity index is 2.12. The van der Waals surface area contributed by atoms with Crippen LogP contribution >= 0.6 is 7.67 Å². The van der Waals surface area contributed by atoms with E-state index in [0.717, 1.165) is 0 Å². The van der Waals surface area contributed by atoms with Crippen molar-refractivity contribution in [2.45, 2.75) is 91.8 Å². The van der Waals surface area contributed by atoms with Crippen LogP contribution in [0.4, 0.5) is 10.3 Å². The molecule has 0 bridgehead atoms. The number of nitrogens with zero attached hydrogens (tertiary/aromatic N) is 4. The van der Waals surface area contributed by atoms with Crippen LogP contribution in [0.3, 0.4) is 0 Å². The zero-order valence-corrected chi connectivity index (χ0v) is 28.7. The molecule has 262 valence electrons. The molecule has 1 aliphatic rings. The summed E-state index contributed by atoms with van der Waals surface area (Å²) in [4.78, 5) is 25.9. The van der Waals surface area contributed by atoms with E-state index >= 15 is 4.57 Å². The highest BCUT2D eigenvalue weighted by atomic mass is 31.2. The minimum absolute atomic E-state index is 0.0205. The monoisotopic (exact) mass is 675 g/mol. The maximum Gasteiger partial charge on any atom is 0.342 e. The third-order valence-corrected chi connectivity index (χ3v) is 9.22. The first kappa shape index (κ1) is 38.0. The number of fused-ring (bicyclic) bond motifs is 1. The first-order valence-electron chi connectivity index (χ1n) is 15.9. The highest BCUT2D eigenvalue weighted by Gasteiger charge is 2.50. The number of nitrogens with one attached hydrogen (secondary N) is 2. The van der Waals surface area contributed by atoms with Crippen molar-refractivity contribution in [3.63, 3.8) is 0 Å². The summed E-state index contributed by atoms with van der Waals surface area (Å²) in [6.45, 7) is 12.7. The van der Waals surface area contributed by atoms with Crippen molar-refractivity contribution in [3.05, 3.63) is 6.33 Å². The number of halogens is 1. The average molecular weight is 676 g/mol. The Hall–Kier alpha value is -2.46. The summed E-state index contributed by atoms with van der Waals surface area (Å²) >= 11 is 0. The Kier molecular flexibility index (Phi) is 14.6. The molecular weight excluding hydrogens is 624 g/mol. The first-order valence-corrected chi connectivity index (χ1v) is 17.6. The fourth-order valence-electron chi connectivity index (χ4n) is 5.45. The fraction of sp³-hybridized carbons (Fsp3) is 0.793. The van der Waals surface area contributed by atoms with Gasteiger partial charge in [-0.05, 0) is 45.4 Å². The van der Waals surface area contributed by atoms with Crippen LogP contribution in [-0.4, -0.2) is 94.6 Å². The Morgan fingerprint density at radius 1 is 1.13 bits per heavy atom. The van der Waals surface area contributed by atoms with Crippen molar-refractivity contribution in [3.8, 4) is 5.88 Å². The number of hydrogen-bond acceptors (Lipinski definition) is 12. The van der Waals surface area contributed by atoms with Gasteiger partial charge in [0.15, 0.2) is 17.4 Å². The molecule has 0 aromatic carbocycles. The van der Waals surface area contributed by atoms with Gasteiger partial charge in [0.2, 0.25) is 11.8 Å². The zero-order valence-electron chi connectivity index (χ0n) is 27.8. The first-order chi connectivity index (χ1) is 21.9. The van der Waals surface area contributed by atoms with Crippen LogP contribution in [-0.2, 0) is 28.1 Å². The number of alkyl halides is 1. The predicted molar refractivity (Wildman–Crippen MR) is 170 cm³/mol. The quantitative estimate of drug-likeness (QED) is 0.118. The molecule has 0 aliphatic carbocycles. The summed E-state index contributed by atoms with van der Waals surface area (Å²) in [5.74, 6) is -1.40. The second-order valence-electron chi connectivity index (χ2n) is 12.0. The van der Waals surface area contributed by atoms with Crippen molar-refractivity contribution < 1.29 is 42.3 Å². The highest BCUT2D eigenvalue weighted by Crippen LogP contribution is 2.49. The second kappa shape index (κ2) is 17.6. The number of nitrogen functional groups attached to an aromatic ring is 1. The van der Waals surface area contributed by atoms with Crippen LogP contribution < -0.4 is 20.6 Å². The third-order valence-electron chi connectivity index (χ3n) is 7.32. The molecule has 1 saturated heterocycles. The molecule has 15 nitrogen and oxygen atoms in total. The Bertz CT molecular complexity index is 1300. The maximum atomic E-state index is 15.0. The summed E-state index contributed by atoms with van der Waals surface area (Å²) in [7, 11) is -4.25. The van der Waals surface area contributed by atoms with E-state index in [0.29, 0.717) is 19.6 Å². The van der Waals surface area contributed by atoms with Crippen LogP contribution in [0.25, 0.3) is 11.2 Å². The van der Waals surface area contributed by atoms with E-state index in [1.54, 1.807) is 13.8 Å². The van der Waals surface area contributed by atoms with E-state index in [4.69, 9.17) is 29.2 Å². The number of carbonyl (C=O) groups excluding carboxylic acids is 1. The molecule has 0 saturated carbocycles. The normalized spacial score (nSPS) is 22.8. The molecule has 7 atom stereocenters. The number of ether oxygens (including phenoxy) is 4. The number of aliphatic hydroxyl groups is 1. The lowest BCUT2D eigenvalue weighted by molar-refractivity contribution is -0.145. The molecule has 46 heavy (non-hydrogen) atoms. The molecule has 2 unspecified atom stereocenters. The van der Waals surface area contributed by atoms with Crippen molar-refractivity contribution in [1.29, 1.82) is 0 Å². The zero-order chi connectivity index (χ0) is 34.0. The molecule has 3 heterocycles. The largest absolute Gasteiger partial charge is 0.476 e. The van der Waals surface area contributed by atoms with Gasteiger partial charge in [-0.1, -0.05) is 27.7 Å². The van der Waals surface area contributed by atoms with Crippen LogP contribution in [0.1, 0.15) is 67.5 Å². The van der Waals surface area contributed by atoms with E-state index < -0.39 is 63.4 Å². The van der Waals surface area contributed by atoms with Gasteiger partial charge in [0.1, 0.15) is 12.1 Å². The van der Waals surface area contributed by atoms with Gasteiger partial charge in [0, 0.05) is 18.6 Å². The number of anilines is 1. The fourth-order valence-corrected chi connectivity index (χ4v) is 7.53. The van der Waals surface area contributed by atoms with E-state index in [1.165, 1.54) is 10.9 Å². The van der Waals surface area contributed by atoms with Crippen LogP contribution in [0.5, 0.6) is 5.88 Å². The van der Waals surface area contributed by atoms with Gasteiger partial charge in [-0.2, -0.15) is 9.97 Å². The molecule has 2 aromatic rings. The molecule has 1 fully saturated rings. The van der Waals surface area contributed by atoms with Gasteiger partial charge >= 0.3 is 13.6 Å². The van der Waals surface area contributed by atoms with Gasteiger partial charge in [-0.25, -0.2) is 15.2 Å². The summed E-state index contributed by atoms with van der Waals surface area (Å²) < 4.78 is 60.4. The number of aliphatic hydroxyl groups excluding tert-OH is 1. The van der Waals surface area contributed by atoms with Crippen LogP contribution in [0.2, 0.25) is 0 Å². The molecule has 0 radical (unpaired) electrons. The third kappa shape index (κ3) is 9.78. The number of hydrogen-bond donors (Lipinski definition) is 4. The van der Waals surface area contributed by atoms with E-state index in [1.807, 2.05) is 34.6 Å². The summed E-state index contributed by atoms with van der Waals surface area (Å²) in [5, 5.41) is 16.2. The summed E-state index contributed by atoms with van der Waals surface area (Å²) in [5.41, 5.74) is 6.45. The van der Waals surface area contributed by atoms with Crippen molar-refractivity contribution >= 4 is 30.8 Å². The van der Waals surface area contributed by atoms with Crippen LogP contribution in [0.15, 0.2) is 6.33 Å². The lowest BCUT2D eigenvalue weighted by Gasteiger charge is -2.34. The maximum absolute atomic E-state index is 15.0. The Labute approximate surface area is 270 Å². The summed E-state index contributed by atoms with van der Waals surface area (Å²) in [6.07, 6.45) is -1.21. The molecule has 0 spiro atoms.